The maximum atomic E-state index is 13.1. The van der Waals surface area contributed by atoms with Crippen LogP contribution in [-0.4, -0.2) is 46.7 Å². The lowest BCUT2D eigenvalue weighted by atomic mass is 10.1. The largest absolute Gasteiger partial charge is 0.505 e. The number of halogens is 1. The van der Waals surface area contributed by atoms with Crippen molar-refractivity contribution in [1.29, 1.82) is 0 Å². The highest BCUT2D eigenvalue weighted by Crippen LogP contribution is 2.25. The van der Waals surface area contributed by atoms with Gasteiger partial charge in [0.1, 0.15) is 18.1 Å². The van der Waals surface area contributed by atoms with Gasteiger partial charge in [0, 0.05) is 11.8 Å². The van der Waals surface area contributed by atoms with E-state index in [0.29, 0.717) is 11.1 Å². The monoisotopic (exact) mass is 363 g/mol. The summed E-state index contributed by atoms with van der Waals surface area (Å²) in [6.07, 6.45) is 1.30. The van der Waals surface area contributed by atoms with E-state index >= 15 is 0 Å². The Hall–Kier alpha value is -3.00. The third-order valence-corrected chi connectivity index (χ3v) is 3.14. The van der Waals surface area contributed by atoms with Crippen molar-refractivity contribution in [3.8, 4) is 16.9 Å². The van der Waals surface area contributed by atoms with Crippen LogP contribution in [0.3, 0.4) is 0 Å². The van der Waals surface area contributed by atoms with Crippen molar-refractivity contribution in [3.63, 3.8) is 0 Å². The fourth-order valence-electron chi connectivity index (χ4n) is 1.94. The molecule has 26 heavy (non-hydrogen) atoms. The molecule has 0 bridgehead atoms. The number of pyridine rings is 1. The van der Waals surface area contributed by atoms with Crippen molar-refractivity contribution in [2.45, 2.75) is 13.8 Å². The van der Waals surface area contributed by atoms with Crippen molar-refractivity contribution in [2.24, 2.45) is 0 Å². The van der Waals surface area contributed by atoms with E-state index in [0.717, 1.165) is 13.1 Å². The predicted octanol–water partition coefficient (Wildman–Crippen LogP) is 2.02. The standard InChI is InChI=1S/C14H11FN2O4.C4H11N/c15-10-3-1-2-8(4-10)9-5-11(18)13(16-6-9)14(21)17-7-12(19)20;1-3-5-4-2/h1-6,18H,7H2,(H,17,21)(H,19,20);5H,3-4H2,1-2H3. The van der Waals surface area contributed by atoms with Crippen LogP contribution >= 0.6 is 0 Å². The molecule has 0 atom stereocenters. The van der Waals surface area contributed by atoms with E-state index in [4.69, 9.17) is 5.11 Å². The lowest BCUT2D eigenvalue weighted by Crippen LogP contribution is -2.29. The molecule has 0 aliphatic heterocycles. The molecule has 0 saturated heterocycles. The van der Waals surface area contributed by atoms with E-state index < -0.39 is 30.0 Å². The first-order valence-corrected chi connectivity index (χ1v) is 8.04. The molecule has 2 aromatic rings. The van der Waals surface area contributed by atoms with E-state index in [1.54, 1.807) is 6.07 Å². The maximum Gasteiger partial charge on any atom is 0.322 e. The fraction of sp³-hybridized carbons (Fsp3) is 0.278. The van der Waals surface area contributed by atoms with Gasteiger partial charge in [-0.1, -0.05) is 26.0 Å². The molecule has 1 heterocycles. The minimum Gasteiger partial charge on any atom is -0.505 e. The number of benzene rings is 1. The molecule has 2 rings (SSSR count). The average molecular weight is 363 g/mol. The normalized spacial score (nSPS) is 9.81. The van der Waals surface area contributed by atoms with Gasteiger partial charge in [-0.05, 0) is 36.9 Å². The molecule has 8 heteroatoms. The molecule has 1 aromatic carbocycles. The molecule has 0 saturated carbocycles. The van der Waals surface area contributed by atoms with Crippen LogP contribution in [0.2, 0.25) is 0 Å². The summed E-state index contributed by atoms with van der Waals surface area (Å²) < 4.78 is 13.1. The SMILES string of the molecule is CCNCC.O=C(O)CNC(=O)c1ncc(-c2cccc(F)c2)cc1O. The van der Waals surface area contributed by atoms with Crippen LogP contribution in [0.1, 0.15) is 24.3 Å². The molecule has 0 radical (unpaired) electrons. The third-order valence-electron chi connectivity index (χ3n) is 3.14. The van der Waals surface area contributed by atoms with Crippen LogP contribution in [0.25, 0.3) is 11.1 Å². The van der Waals surface area contributed by atoms with Crippen molar-refractivity contribution >= 4 is 11.9 Å². The number of carboxylic acids is 1. The molecule has 1 aromatic heterocycles. The lowest BCUT2D eigenvalue weighted by Gasteiger charge is -2.07. The van der Waals surface area contributed by atoms with Gasteiger partial charge >= 0.3 is 5.97 Å². The van der Waals surface area contributed by atoms with Crippen molar-refractivity contribution < 1.29 is 24.2 Å². The van der Waals surface area contributed by atoms with Crippen LogP contribution in [0.15, 0.2) is 36.5 Å². The van der Waals surface area contributed by atoms with E-state index in [-0.39, 0.29) is 5.69 Å². The van der Waals surface area contributed by atoms with Crippen LogP contribution in [-0.2, 0) is 4.79 Å². The Balaban J connectivity index is 0.000000597. The lowest BCUT2D eigenvalue weighted by molar-refractivity contribution is -0.135. The van der Waals surface area contributed by atoms with Crippen LogP contribution in [0, 0.1) is 5.82 Å². The minimum atomic E-state index is -1.21. The Morgan fingerprint density at radius 2 is 1.85 bits per heavy atom. The zero-order chi connectivity index (χ0) is 19.5. The summed E-state index contributed by atoms with van der Waals surface area (Å²) in [5.74, 6) is -2.87. The number of rotatable bonds is 6. The number of hydrogen-bond donors (Lipinski definition) is 4. The zero-order valence-electron chi connectivity index (χ0n) is 14.6. The molecular weight excluding hydrogens is 341 g/mol. The Morgan fingerprint density at radius 3 is 2.35 bits per heavy atom. The van der Waals surface area contributed by atoms with Crippen LogP contribution in [0.4, 0.5) is 4.39 Å². The number of carboxylic acid groups (broad SMARTS) is 1. The van der Waals surface area contributed by atoms with E-state index in [9.17, 15) is 19.1 Å². The Morgan fingerprint density at radius 1 is 1.15 bits per heavy atom. The second-order valence-electron chi connectivity index (χ2n) is 5.14. The number of carbonyl (C=O) groups excluding carboxylic acids is 1. The van der Waals surface area contributed by atoms with Gasteiger partial charge in [0.25, 0.3) is 5.91 Å². The predicted molar refractivity (Wildman–Crippen MR) is 95.5 cm³/mol. The number of aliphatic carboxylic acids is 1. The van der Waals surface area contributed by atoms with Gasteiger partial charge < -0.3 is 20.8 Å². The first kappa shape index (κ1) is 21.0. The molecule has 0 fully saturated rings. The van der Waals surface area contributed by atoms with E-state index in [2.05, 4.69) is 29.5 Å². The van der Waals surface area contributed by atoms with Gasteiger partial charge in [-0.25, -0.2) is 9.37 Å². The summed E-state index contributed by atoms with van der Waals surface area (Å²) in [7, 11) is 0. The molecule has 140 valence electrons. The third kappa shape index (κ3) is 6.86. The van der Waals surface area contributed by atoms with Gasteiger partial charge in [0.05, 0.1) is 0 Å². The highest BCUT2D eigenvalue weighted by Gasteiger charge is 2.15. The van der Waals surface area contributed by atoms with Gasteiger partial charge in [-0.15, -0.1) is 0 Å². The number of aromatic hydroxyl groups is 1. The molecule has 0 aliphatic carbocycles. The molecule has 4 N–H and O–H groups in total. The number of aromatic nitrogens is 1. The van der Waals surface area contributed by atoms with E-state index in [1.165, 1.54) is 30.5 Å². The van der Waals surface area contributed by atoms with Gasteiger partial charge in [0.15, 0.2) is 5.69 Å². The average Bonchev–Trinajstić information content (AvgIpc) is 2.61. The fourth-order valence-corrected chi connectivity index (χ4v) is 1.94. The quantitative estimate of drug-likeness (QED) is 0.625. The highest BCUT2D eigenvalue weighted by molar-refractivity contribution is 5.96. The Labute approximate surface area is 150 Å². The summed E-state index contributed by atoms with van der Waals surface area (Å²) in [6, 6.07) is 6.95. The number of nitrogens with zero attached hydrogens (tertiary/aromatic N) is 1. The molecule has 0 unspecified atom stereocenters. The second kappa shape index (κ2) is 10.8. The van der Waals surface area contributed by atoms with Gasteiger partial charge in [-0.2, -0.15) is 0 Å². The molecule has 7 nitrogen and oxygen atoms in total. The maximum absolute atomic E-state index is 13.1. The van der Waals surface area contributed by atoms with Crippen molar-refractivity contribution in [1.82, 2.24) is 15.6 Å². The Bertz CT molecular complexity index is 751. The van der Waals surface area contributed by atoms with E-state index in [1.807, 2.05) is 0 Å². The zero-order valence-corrected chi connectivity index (χ0v) is 14.6. The van der Waals surface area contributed by atoms with Crippen LogP contribution in [0.5, 0.6) is 5.75 Å². The number of carbonyl (C=O) groups is 2. The molecule has 0 spiro atoms. The summed E-state index contributed by atoms with van der Waals surface area (Å²) in [6.45, 7) is 5.81. The molecule has 0 aliphatic rings. The van der Waals surface area contributed by atoms with Gasteiger partial charge in [0.2, 0.25) is 0 Å². The highest BCUT2D eigenvalue weighted by atomic mass is 19.1. The summed E-state index contributed by atoms with van der Waals surface area (Å²) in [5, 5.41) is 23.5. The smallest absolute Gasteiger partial charge is 0.322 e. The van der Waals surface area contributed by atoms with Crippen molar-refractivity contribution in [2.75, 3.05) is 19.6 Å². The number of hydrogen-bond acceptors (Lipinski definition) is 5. The molecule has 1 amide bonds. The second-order valence-corrected chi connectivity index (χ2v) is 5.14. The topological polar surface area (TPSA) is 112 Å². The number of nitrogens with one attached hydrogen (secondary N) is 2. The Kier molecular flexibility index (Phi) is 8.72. The minimum absolute atomic E-state index is 0.295. The first-order valence-electron chi connectivity index (χ1n) is 8.04. The van der Waals surface area contributed by atoms with Gasteiger partial charge in [-0.3, -0.25) is 9.59 Å². The molecular formula is C18H22FN3O4. The van der Waals surface area contributed by atoms with Crippen molar-refractivity contribution in [3.05, 3.63) is 48.0 Å². The summed E-state index contributed by atoms with van der Waals surface area (Å²) in [4.78, 5) is 25.8. The summed E-state index contributed by atoms with van der Waals surface area (Å²) >= 11 is 0. The summed E-state index contributed by atoms with van der Waals surface area (Å²) in [5.41, 5.74) is 0.633. The first-order chi connectivity index (χ1) is 12.4. The van der Waals surface area contributed by atoms with Crippen LogP contribution < -0.4 is 10.6 Å². The number of amides is 1.